The summed E-state index contributed by atoms with van der Waals surface area (Å²) in [6.45, 7) is 0.671. The predicted octanol–water partition coefficient (Wildman–Crippen LogP) is 0.849. The fraction of sp³-hybridized carbons (Fsp3) is 0.438. The maximum absolute atomic E-state index is 12.0. The molecule has 2 aromatic heterocycles. The molecule has 24 heavy (non-hydrogen) atoms. The first-order valence-corrected chi connectivity index (χ1v) is 8.02. The minimum Gasteiger partial charge on any atom is -0.354 e. The monoisotopic (exact) mass is 329 g/mol. The molecule has 0 radical (unpaired) electrons. The highest BCUT2D eigenvalue weighted by molar-refractivity contribution is 5.87. The average Bonchev–Trinajstić information content (AvgIpc) is 2.99. The Morgan fingerprint density at radius 1 is 1.42 bits per heavy atom. The normalized spacial score (nSPS) is 17.8. The molecule has 1 aliphatic heterocycles. The minimum absolute atomic E-state index is 0.113. The summed E-state index contributed by atoms with van der Waals surface area (Å²) in [6.07, 6.45) is 6.36. The van der Waals surface area contributed by atoms with Crippen LogP contribution in [-0.2, 0) is 16.0 Å². The molecule has 126 valence electrons. The molecule has 0 bridgehead atoms. The molecule has 1 atom stereocenters. The summed E-state index contributed by atoms with van der Waals surface area (Å²) in [7, 11) is 0. The Hall–Kier alpha value is -2.77. The van der Waals surface area contributed by atoms with E-state index in [0.29, 0.717) is 31.1 Å². The molecule has 1 saturated heterocycles. The van der Waals surface area contributed by atoms with Crippen LogP contribution in [0.4, 0.5) is 0 Å². The summed E-state index contributed by atoms with van der Waals surface area (Å²) in [6, 6.07) is 3.17. The second-order valence-electron chi connectivity index (χ2n) is 5.66. The van der Waals surface area contributed by atoms with Crippen molar-refractivity contribution >= 4 is 11.8 Å². The van der Waals surface area contributed by atoms with Crippen LogP contribution in [0.1, 0.15) is 31.6 Å². The van der Waals surface area contributed by atoms with Crippen molar-refractivity contribution < 1.29 is 14.1 Å². The third-order valence-electron chi connectivity index (χ3n) is 3.82. The highest BCUT2D eigenvalue weighted by Gasteiger charge is 2.22. The van der Waals surface area contributed by atoms with Crippen LogP contribution < -0.4 is 10.6 Å². The summed E-state index contributed by atoms with van der Waals surface area (Å²) in [5, 5.41) is 9.44. The number of hydrogen-bond acceptors (Lipinski definition) is 6. The van der Waals surface area contributed by atoms with Crippen molar-refractivity contribution in [3.63, 3.8) is 0 Å². The van der Waals surface area contributed by atoms with Gasteiger partial charge >= 0.3 is 0 Å². The van der Waals surface area contributed by atoms with Gasteiger partial charge in [-0.1, -0.05) is 5.16 Å². The van der Waals surface area contributed by atoms with Crippen molar-refractivity contribution in [3.8, 4) is 11.4 Å². The number of nitrogens with zero attached hydrogens (tertiary/aromatic N) is 3. The van der Waals surface area contributed by atoms with E-state index in [2.05, 4.69) is 25.8 Å². The third kappa shape index (κ3) is 4.15. The Kier molecular flexibility index (Phi) is 5.15. The first-order chi connectivity index (χ1) is 11.7. The van der Waals surface area contributed by atoms with Crippen LogP contribution in [0.3, 0.4) is 0 Å². The molecule has 0 aromatic carbocycles. The van der Waals surface area contributed by atoms with E-state index in [4.69, 9.17) is 4.52 Å². The lowest BCUT2D eigenvalue weighted by Gasteiger charge is -2.14. The number of carbonyl (C=O) groups excluding carboxylic acids is 2. The third-order valence-corrected chi connectivity index (χ3v) is 3.82. The average molecular weight is 329 g/mol. The van der Waals surface area contributed by atoms with Crippen molar-refractivity contribution in [2.75, 3.05) is 6.54 Å². The van der Waals surface area contributed by atoms with Gasteiger partial charge in [0.2, 0.25) is 23.5 Å². The van der Waals surface area contributed by atoms with E-state index in [1.165, 1.54) is 0 Å². The molecule has 2 N–H and O–H groups in total. The Morgan fingerprint density at radius 3 is 3.17 bits per heavy atom. The number of amides is 2. The molecule has 1 fully saturated rings. The lowest BCUT2D eigenvalue weighted by atomic mass is 10.1. The summed E-state index contributed by atoms with van der Waals surface area (Å²) < 4.78 is 5.15. The van der Waals surface area contributed by atoms with Crippen LogP contribution in [0.15, 0.2) is 29.0 Å². The van der Waals surface area contributed by atoms with Gasteiger partial charge in [0.1, 0.15) is 6.04 Å². The van der Waals surface area contributed by atoms with Crippen LogP contribution in [0.5, 0.6) is 0 Å². The van der Waals surface area contributed by atoms with E-state index in [1.807, 2.05) is 6.07 Å². The van der Waals surface area contributed by atoms with Gasteiger partial charge in [-0.3, -0.25) is 14.6 Å². The van der Waals surface area contributed by atoms with Gasteiger partial charge in [-0.05, 0) is 31.4 Å². The van der Waals surface area contributed by atoms with Gasteiger partial charge in [-0.15, -0.1) is 0 Å². The minimum atomic E-state index is -0.450. The topological polar surface area (TPSA) is 110 Å². The summed E-state index contributed by atoms with van der Waals surface area (Å²) in [5.41, 5.74) is 0.757. The van der Waals surface area contributed by atoms with E-state index in [1.54, 1.807) is 18.5 Å². The molecule has 2 aromatic rings. The highest BCUT2D eigenvalue weighted by atomic mass is 16.5. The second-order valence-corrected chi connectivity index (χ2v) is 5.66. The zero-order valence-electron chi connectivity index (χ0n) is 13.2. The SMILES string of the molecule is O=C(CCc1nc(-c2cccnc2)no1)N[C@H]1CCCCNC1=O. The molecule has 8 nitrogen and oxygen atoms in total. The number of pyridine rings is 1. The van der Waals surface area contributed by atoms with Gasteiger partial charge in [0.15, 0.2) is 0 Å². The number of hydrogen-bond donors (Lipinski definition) is 2. The zero-order chi connectivity index (χ0) is 16.8. The first-order valence-electron chi connectivity index (χ1n) is 8.02. The highest BCUT2D eigenvalue weighted by Crippen LogP contribution is 2.14. The molecule has 3 heterocycles. The van der Waals surface area contributed by atoms with E-state index in [-0.39, 0.29) is 18.2 Å². The fourth-order valence-corrected chi connectivity index (χ4v) is 2.53. The quantitative estimate of drug-likeness (QED) is 0.841. The van der Waals surface area contributed by atoms with Crippen LogP contribution in [0.25, 0.3) is 11.4 Å². The first kappa shape index (κ1) is 16.1. The lowest BCUT2D eigenvalue weighted by Crippen LogP contribution is -2.45. The summed E-state index contributed by atoms with van der Waals surface area (Å²) in [5.74, 6) is 0.520. The molecule has 8 heteroatoms. The van der Waals surface area contributed by atoms with Crippen molar-refractivity contribution in [1.82, 2.24) is 25.8 Å². The van der Waals surface area contributed by atoms with Crippen molar-refractivity contribution in [2.24, 2.45) is 0 Å². The molecule has 0 spiro atoms. The lowest BCUT2D eigenvalue weighted by molar-refractivity contribution is -0.128. The number of aryl methyl sites for hydroxylation is 1. The van der Waals surface area contributed by atoms with Crippen LogP contribution >= 0.6 is 0 Å². The van der Waals surface area contributed by atoms with Crippen LogP contribution in [0.2, 0.25) is 0 Å². The van der Waals surface area contributed by atoms with Crippen LogP contribution in [-0.4, -0.2) is 39.5 Å². The Bertz CT molecular complexity index is 701. The van der Waals surface area contributed by atoms with E-state index >= 15 is 0 Å². The van der Waals surface area contributed by atoms with E-state index in [0.717, 1.165) is 18.4 Å². The smallest absolute Gasteiger partial charge is 0.242 e. The van der Waals surface area contributed by atoms with Gasteiger partial charge < -0.3 is 15.2 Å². The molecule has 2 amide bonds. The molecular weight excluding hydrogens is 310 g/mol. The fourth-order valence-electron chi connectivity index (χ4n) is 2.53. The molecule has 0 unspecified atom stereocenters. The van der Waals surface area contributed by atoms with Gasteiger partial charge in [-0.25, -0.2) is 0 Å². The van der Waals surface area contributed by atoms with Crippen molar-refractivity contribution in [3.05, 3.63) is 30.4 Å². The number of nitrogens with one attached hydrogen (secondary N) is 2. The van der Waals surface area contributed by atoms with Crippen LogP contribution in [0, 0.1) is 0 Å². The molecular formula is C16H19N5O3. The zero-order valence-corrected chi connectivity index (χ0v) is 13.2. The Morgan fingerprint density at radius 2 is 2.33 bits per heavy atom. The maximum atomic E-state index is 12.0. The number of carbonyl (C=O) groups is 2. The molecule has 0 aliphatic carbocycles. The number of rotatable bonds is 5. The molecule has 3 rings (SSSR count). The Balaban J connectivity index is 1.51. The standard InChI is InChI=1S/C16H19N5O3/c22-13(19-12-5-1-2-9-18-16(12)23)6-7-14-20-15(21-24-14)11-4-3-8-17-10-11/h3-4,8,10,12H,1-2,5-7,9H2,(H,18,23)(H,19,22)/t12-/m0/s1. The van der Waals surface area contributed by atoms with Gasteiger partial charge in [0, 0.05) is 37.3 Å². The van der Waals surface area contributed by atoms with E-state index in [9.17, 15) is 9.59 Å². The molecule has 1 aliphatic rings. The van der Waals surface area contributed by atoms with Gasteiger partial charge in [0.25, 0.3) is 0 Å². The summed E-state index contributed by atoms with van der Waals surface area (Å²) in [4.78, 5) is 32.1. The van der Waals surface area contributed by atoms with Gasteiger partial charge in [-0.2, -0.15) is 4.98 Å². The molecule has 0 saturated carbocycles. The Labute approximate surface area is 139 Å². The van der Waals surface area contributed by atoms with Crippen molar-refractivity contribution in [1.29, 1.82) is 0 Å². The van der Waals surface area contributed by atoms with Gasteiger partial charge in [0.05, 0.1) is 0 Å². The maximum Gasteiger partial charge on any atom is 0.242 e. The largest absolute Gasteiger partial charge is 0.354 e. The van der Waals surface area contributed by atoms with Crippen molar-refractivity contribution in [2.45, 2.75) is 38.1 Å². The summed E-state index contributed by atoms with van der Waals surface area (Å²) >= 11 is 0. The second kappa shape index (κ2) is 7.67. The number of aromatic nitrogens is 3. The van der Waals surface area contributed by atoms with E-state index < -0.39 is 6.04 Å². The predicted molar refractivity (Wildman–Crippen MR) is 84.6 cm³/mol.